The number of nitrogens with two attached hydrogens (primary N) is 1. The normalized spacial score (nSPS) is 15.3. The van der Waals surface area contributed by atoms with Crippen LogP contribution in [-0.4, -0.2) is 31.0 Å². The smallest absolute Gasteiger partial charge is 0.344 e. The van der Waals surface area contributed by atoms with Gasteiger partial charge in [0.05, 0.1) is 5.56 Å². The van der Waals surface area contributed by atoms with Crippen LogP contribution in [0.1, 0.15) is 34.1 Å². The minimum atomic E-state index is -0.821. The number of esters is 1. The van der Waals surface area contributed by atoms with E-state index in [9.17, 15) is 18.8 Å². The van der Waals surface area contributed by atoms with Gasteiger partial charge in [-0.2, -0.15) is 0 Å². The summed E-state index contributed by atoms with van der Waals surface area (Å²) in [5.41, 5.74) is 6.73. The van der Waals surface area contributed by atoms with Gasteiger partial charge in [-0.3, -0.25) is 9.59 Å². The van der Waals surface area contributed by atoms with Crippen molar-refractivity contribution in [2.24, 2.45) is 11.7 Å². The molecule has 1 heterocycles. The maximum absolute atomic E-state index is 13.4. The number of benzene rings is 1. The van der Waals surface area contributed by atoms with Crippen LogP contribution < -0.4 is 15.8 Å². The molecule has 0 spiro atoms. The molecule has 0 unspecified atom stereocenters. The molecule has 154 valence electrons. The third-order valence-electron chi connectivity index (χ3n) is 4.56. The van der Waals surface area contributed by atoms with Crippen LogP contribution in [0.4, 0.5) is 9.39 Å². The van der Waals surface area contributed by atoms with Crippen LogP contribution in [0.2, 0.25) is 0 Å². The first kappa shape index (κ1) is 20.8. The number of hydrogen-bond donors (Lipinski definition) is 2. The van der Waals surface area contributed by atoms with E-state index < -0.39 is 36.8 Å². The topological polar surface area (TPSA) is 108 Å². The fourth-order valence-electron chi connectivity index (χ4n) is 3.15. The summed E-state index contributed by atoms with van der Waals surface area (Å²) in [4.78, 5) is 36.8. The van der Waals surface area contributed by atoms with E-state index in [1.54, 1.807) is 6.07 Å². The Kier molecular flexibility index (Phi) is 6.48. The second-order valence-electron chi connectivity index (χ2n) is 6.85. The van der Waals surface area contributed by atoms with Crippen molar-refractivity contribution in [1.29, 1.82) is 0 Å². The highest BCUT2D eigenvalue weighted by Crippen LogP contribution is 2.39. The van der Waals surface area contributed by atoms with Crippen LogP contribution in [-0.2, 0) is 27.2 Å². The first-order chi connectivity index (χ1) is 13.8. The zero-order valence-electron chi connectivity index (χ0n) is 15.8. The maximum Gasteiger partial charge on any atom is 0.344 e. The van der Waals surface area contributed by atoms with Crippen molar-refractivity contribution in [3.05, 3.63) is 46.1 Å². The number of thiophene rings is 1. The van der Waals surface area contributed by atoms with Crippen molar-refractivity contribution in [2.45, 2.75) is 26.2 Å². The number of para-hydroxylation sites is 1. The molecule has 1 aliphatic rings. The van der Waals surface area contributed by atoms with Gasteiger partial charge < -0.3 is 20.5 Å². The lowest BCUT2D eigenvalue weighted by Crippen LogP contribution is -2.25. The molecule has 1 aliphatic carbocycles. The second kappa shape index (κ2) is 9.04. The van der Waals surface area contributed by atoms with Crippen molar-refractivity contribution < 1.29 is 28.2 Å². The number of nitrogens with one attached hydrogen (secondary N) is 1. The molecule has 2 amide bonds. The van der Waals surface area contributed by atoms with Gasteiger partial charge in [-0.15, -0.1) is 11.3 Å². The predicted molar refractivity (Wildman–Crippen MR) is 106 cm³/mol. The molecular weight excluding hydrogens is 399 g/mol. The molecule has 7 nitrogen and oxygen atoms in total. The van der Waals surface area contributed by atoms with E-state index in [4.69, 9.17) is 15.2 Å². The second-order valence-corrected chi connectivity index (χ2v) is 7.95. The zero-order valence-corrected chi connectivity index (χ0v) is 16.6. The molecule has 0 bridgehead atoms. The standard InChI is InChI=1S/C20H21FN2O5S/c1-11-6-7-12-15(8-11)29-20(18(12)19(22)26)23-16(24)9-28-17(25)10-27-14-5-3-2-4-13(14)21/h2-5,11H,6-10H2,1H3,(H2,22,26)(H,23,24)/t11-/m0/s1. The van der Waals surface area contributed by atoms with Crippen LogP contribution in [0.15, 0.2) is 24.3 Å². The van der Waals surface area contributed by atoms with Gasteiger partial charge in [-0.25, -0.2) is 9.18 Å². The van der Waals surface area contributed by atoms with E-state index in [2.05, 4.69) is 12.2 Å². The molecule has 1 atom stereocenters. The number of fused-ring (bicyclic) bond motifs is 1. The third-order valence-corrected chi connectivity index (χ3v) is 5.73. The molecule has 1 aromatic heterocycles. The Hall–Kier alpha value is -2.94. The molecule has 29 heavy (non-hydrogen) atoms. The van der Waals surface area contributed by atoms with Gasteiger partial charge >= 0.3 is 5.97 Å². The summed E-state index contributed by atoms with van der Waals surface area (Å²) in [5, 5.41) is 2.98. The fraction of sp³-hybridized carbons (Fsp3) is 0.350. The fourth-order valence-corrected chi connectivity index (χ4v) is 4.58. The average Bonchev–Trinajstić information content (AvgIpc) is 3.02. The quantitative estimate of drug-likeness (QED) is 0.670. The van der Waals surface area contributed by atoms with E-state index in [1.165, 1.54) is 29.5 Å². The van der Waals surface area contributed by atoms with Crippen molar-refractivity contribution in [2.75, 3.05) is 18.5 Å². The molecule has 0 radical (unpaired) electrons. The van der Waals surface area contributed by atoms with Crippen molar-refractivity contribution in [1.82, 2.24) is 0 Å². The number of carbonyl (C=O) groups is 3. The third kappa shape index (κ3) is 5.11. The van der Waals surface area contributed by atoms with Crippen LogP contribution in [0.3, 0.4) is 0 Å². The highest BCUT2D eigenvalue weighted by molar-refractivity contribution is 7.17. The lowest BCUT2D eigenvalue weighted by atomic mass is 9.88. The van der Waals surface area contributed by atoms with Crippen LogP contribution in [0, 0.1) is 11.7 Å². The van der Waals surface area contributed by atoms with Crippen molar-refractivity contribution >= 4 is 34.1 Å². The number of carbonyl (C=O) groups excluding carboxylic acids is 3. The van der Waals surface area contributed by atoms with Crippen LogP contribution in [0.5, 0.6) is 5.75 Å². The minimum absolute atomic E-state index is 0.0848. The molecule has 1 aromatic carbocycles. The molecular formula is C20H21FN2O5S. The van der Waals surface area contributed by atoms with Gasteiger partial charge in [0.25, 0.3) is 11.8 Å². The molecule has 9 heteroatoms. The van der Waals surface area contributed by atoms with Gasteiger partial charge in [0.1, 0.15) is 5.00 Å². The molecule has 2 aromatic rings. The van der Waals surface area contributed by atoms with Gasteiger partial charge in [0, 0.05) is 4.88 Å². The summed E-state index contributed by atoms with van der Waals surface area (Å²) >= 11 is 1.33. The molecule has 3 rings (SSSR count). The predicted octanol–water partition coefficient (Wildman–Crippen LogP) is 2.67. The number of ether oxygens (including phenoxy) is 2. The average molecular weight is 420 g/mol. The molecule has 0 saturated heterocycles. The number of hydrogen-bond acceptors (Lipinski definition) is 6. The summed E-state index contributed by atoms with van der Waals surface area (Å²) in [6, 6.07) is 5.63. The largest absolute Gasteiger partial charge is 0.479 e. The van der Waals surface area contributed by atoms with Crippen molar-refractivity contribution in [3.63, 3.8) is 0 Å². The maximum atomic E-state index is 13.4. The Labute approximate surface area is 171 Å². The minimum Gasteiger partial charge on any atom is -0.479 e. The lowest BCUT2D eigenvalue weighted by Gasteiger charge is -2.18. The summed E-state index contributed by atoms with van der Waals surface area (Å²) < 4.78 is 23.3. The number of anilines is 1. The SMILES string of the molecule is C[C@H]1CCc2c(sc(NC(=O)COC(=O)COc3ccccc3F)c2C(N)=O)C1. The monoisotopic (exact) mass is 420 g/mol. The molecule has 0 aliphatic heterocycles. The molecule has 3 N–H and O–H groups in total. The van der Waals surface area contributed by atoms with Crippen molar-refractivity contribution in [3.8, 4) is 5.75 Å². The summed E-state index contributed by atoms with van der Waals surface area (Å²) in [5.74, 6) is -2.20. The van der Waals surface area contributed by atoms with E-state index in [0.29, 0.717) is 16.5 Å². The Morgan fingerprint density at radius 3 is 2.76 bits per heavy atom. The number of rotatable bonds is 7. The summed E-state index contributed by atoms with van der Waals surface area (Å²) in [7, 11) is 0. The van der Waals surface area contributed by atoms with Gasteiger partial charge in [0.2, 0.25) is 0 Å². The van der Waals surface area contributed by atoms with Gasteiger partial charge in [-0.05, 0) is 42.9 Å². The highest BCUT2D eigenvalue weighted by atomic mass is 32.1. The zero-order chi connectivity index (χ0) is 21.0. The Bertz CT molecular complexity index is 943. The first-order valence-electron chi connectivity index (χ1n) is 9.12. The lowest BCUT2D eigenvalue weighted by molar-refractivity contribution is -0.149. The molecule has 0 fully saturated rings. The van der Waals surface area contributed by atoms with Gasteiger partial charge in [-0.1, -0.05) is 19.1 Å². The van der Waals surface area contributed by atoms with E-state index in [-0.39, 0.29) is 5.75 Å². The number of amides is 2. The number of primary amides is 1. The molecule has 0 saturated carbocycles. The van der Waals surface area contributed by atoms with E-state index >= 15 is 0 Å². The Morgan fingerprint density at radius 2 is 2.03 bits per heavy atom. The van der Waals surface area contributed by atoms with Gasteiger partial charge in [0.15, 0.2) is 24.8 Å². The Balaban J connectivity index is 1.55. The Morgan fingerprint density at radius 1 is 1.28 bits per heavy atom. The summed E-state index contributed by atoms with van der Waals surface area (Å²) in [6.45, 7) is 1.04. The highest BCUT2D eigenvalue weighted by Gasteiger charge is 2.27. The first-order valence-corrected chi connectivity index (χ1v) is 9.94. The van der Waals surface area contributed by atoms with Crippen LogP contribution in [0.25, 0.3) is 0 Å². The van der Waals surface area contributed by atoms with Crippen LogP contribution >= 0.6 is 11.3 Å². The summed E-state index contributed by atoms with van der Waals surface area (Å²) in [6.07, 6.45) is 2.53. The van der Waals surface area contributed by atoms with E-state index in [1.807, 2.05) is 0 Å². The van der Waals surface area contributed by atoms with E-state index in [0.717, 1.165) is 29.7 Å². The number of halogens is 1.